The first-order valence-corrected chi connectivity index (χ1v) is 8.62. The quantitative estimate of drug-likeness (QED) is 0.661. The molecular formula is C15H19N3O3S. The molecule has 22 heavy (non-hydrogen) atoms. The second-order valence-electron chi connectivity index (χ2n) is 5.77. The molecule has 2 atom stereocenters. The first kappa shape index (κ1) is 15.3. The third-order valence-corrected chi connectivity index (χ3v) is 5.01. The molecule has 2 unspecified atom stereocenters. The van der Waals surface area contributed by atoms with Crippen LogP contribution in [0.5, 0.6) is 0 Å². The molecule has 1 saturated heterocycles. The van der Waals surface area contributed by atoms with Crippen LogP contribution in [0.4, 0.5) is 5.69 Å². The molecule has 1 heterocycles. The van der Waals surface area contributed by atoms with Crippen LogP contribution in [0, 0.1) is 16.0 Å². The van der Waals surface area contributed by atoms with Crippen molar-refractivity contribution in [2.45, 2.75) is 19.0 Å². The maximum absolute atomic E-state index is 12.0. The highest BCUT2D eigenvalue weighted by molar-refractivity contribution is 7.99. The predicted octanol–water partition coefficient (Wildman–Crippen LogP) is 1.84. The van der Waals surface area contributed by atoms with Gasteiger partial charge in [0, 0.05) is 48.2 Å². The number of nitro groups is 1. The van der Waals surface area contributed by atoms with E-state index in [1.165, 1.54) is 11.5 Å². The second-order valence-corrected chi connectivity index (χ2v) is 7.00. The normalized spacial score (nSPS) is 24.7. The highest BCUT2D eigenvalue weighted by Gasteiger charge is 2.53. The molecule has 2 fully saturated rings. The second kappa shape index (κ2) is 6.66. The number of rotatable bonds is 5. The summed E-state index contributed by atoms with van der Waals surface area (Å²) in [5, 5.41) is 13.4. The third-order valence-electron chi connectivity index (χ3n) is 4.07. The van der Waals surface area contributed by atoms with Crippen LogP contribution >= 0.6 is 11.8 Å². The summed E-state index contributed by atoms with van der Waals surface area (Å²) >= 11 is 1.98. The van der Waals surface area contributed by atoms with Gasteiger partial charge in [0.15, 0.2) is 0 Å². The Kier molecular flexibility index (Phi) is 4.63. The van der Waals surface area contributed by atoms with Crippen molar-refractivity contribution in [1.82, 2.24) is 4.90 Å². The highest BCUT2D eigenvalue weighted by atomic mass is 32.2. The number of hydrogen-bond donors (Lipinski definition) is 1. The van der Waals surface area contributed by atoms with E-state index < -0.39 is 12.0 Å². The molecule has 1 aliphatic heterocycles. The lowest BCUT2D eigenvalue weighted by atomic mass is 10.2. The van der Waals surface area contributed by atoms with Gasteiger partial charge >= 0.3 is 0 Å². The van der Waals surface area contributed by atoms with Gasteiger partial charge in [0.25, 0.3) is 0 Å². The number of carbonyl (C=O) groups excluding carboxylic acids is 1. The molecule has 6 nitrogen and oxygen atoms in total. The Balaban J connectivity index is 1.57. The van der Waals surface area contributed by atoms with Crippen LogP contribution in [-0.4, -0.2) is 46.4 Å². The molecule has 1 aromatic carbocycles. The fourth-order valence-electron chi connectivity index (χ4n) is 2.70. The Hall–Kier alpha value is -1.60. The zero-order valence-corrected chi connectivity index (χ0v) is 13.1. The molecule has 3 rings (SSSR count). The molecule has 1 N–H and O–H groups in total. The van der Waals surface area contributed by atoms with Crippen molar-refractivity contribution >= 4 is 23.4 Å². The van der Waals surface area contributed by atoms with Gasteiger partial charge in [0.2, 0.25) is 11.9 Å². The summed E-state index contributed by atoms with van der Waals surface area (Å²) in [6.45, 7) is 3.06. The van der Waals surface area contributed by atoms with Crippen LogP contribution < -0.4 is 5.32 Å². The van der Waals surface area contributed by atoms with Crippen molar-refractivity contribution < 1.29 is 9.72 Å². The predicted molar refractivity (Wildman–Crippen MR) is 86.6 cm³/mol. The number of hydrogen-bond acceptors (Lipinski definition) is 5. The van der Waals surface area contributed by atoms with E-state index in [1.54, 1.807) is 0 Å². The minimum atomic E-state index is -0.700. The van der Waals surface area contributed by atoms with Gasteiger partial charge in [-0.25, -0.2) is 0 Å². The van der Waals surface area contributed by atoms with Gasteiger partial charge in [0.05, 0.1) is 0 Å². The van der Waals surface area contributed by atoms with Gasteiger partial charge in [-0.1, -0.05) is 12.1 Å². The average molecular weight is 321 g/mol. The zero-order chi connectivity index (χ0) is 15.5. The summed E-state index contributed by atoms with van der Waals surface area (Å²) in [6.07, 6.45) is 0.351. The van der Waals surface area contributed by atoms with E-state index in [0.29, 0.717) is 6.42 Å². The van der Waals surface area contributed by atoms with Crippen molar-refractivity contribution in [3.05, 3.63) is 39.9 Å². The average Bonchev–Trinajstić information content (AvgIpc) is 3.29. The Morgan fingerprint density at radius 1 is 1.41 bits per heavy atom. The number of thioether (sulfide) groups is 1. The van der Waals surface area contributed by atoms with E-state index in [4.69, 9.17) is 0 Å². The number of benzene rings is 1. The van der Waals surface area contributed by atoms with Crippen molar-refractivity contribution in [2.24, 2.45) is 5.92 Å². The van der Waals surface area contributed by atoms with Crippen LogP contribution in [0.3, 0.4) is 0 Å². The van der Waals surface area contributed by atoms with Gasteiger partial charge in [-0.2, -0.15) is 11.8 Å². The van der Waals surface area contributed by atoms with Gasteiger partial charge < -0.3 is 5.32 Å². The summed E-state index contributed by atoms with van der Waals surface area (Å²) in [5.41, 5.74) is 1.88. The molecule has 1 aromatic rings. The fourth-order valence-corrected chi connectivity index (χ4v) is 3.67. The van der Waals surface area contributed by atoms with E-state index >= 15 is 0 Å². The summed E-state index contributed by atoms with van der Waals surface area (Å²) in [5.74, 6) is 1.62. The first-order valence-electron chi connectivity index (χ1n) is 7.47. The number of amides is 1. The van der Waals surface area contributed by atoms with E-state index in [-0.39, 0.29) is 10.8 Å². The minimum absolute atomic E-state index is 0.242. The summed E-state index contributed by atoms with van der Waals surface area (Å²) in [6, 6.07) is 7.06. The van der Waals surface area contributed by atoms with Gasteiger partial charge in [-0.3, -0.25) is 19.8 Å². The van der Waals surface area contributed by atoms with Crippen molar-refractivity contribution in [3.8, 4) is 0 Å². The topological polar surface area (TPSA) is 75.5 Å². The maximum Gasteiger partial charge on any atom is 0.234 e. The van der Waals surface area contributed by atoms with Gasteiger partial charge in [-0.05, 0) is 17.7 Å². The lowest BCUT2D eigenvalue weighted by Crippen LogP contribution is -2.31. The molecule has 1 saturated carbocycles. The molecule has 118 valence electrons. The SMILES string of the molecule is O=C(Nc1cccc(CN2CCSCC2)c1)C1CC1[N+](=O)[O-]. The van der Waals surface area contributed by atoms with Crippen LogP contribution in [0.15, 0.2) is 24.3 Å². The van der Waals surface area contributed by atoms with Crippen LogP contribution in [0.2, 0.25) is 0 Å². The monoisotopic (exact) mass is 321 g/mol. The molecule has 1 aliphatic carbocycles. The van der Waals surface area contributed by atoms with E-state index in [2.05, 4.69) is 10.2 Å². The van der Waals surface area contributed by atoms with Gasteiger partial charge in [0.1, 0.15) is 5.92 Å². The maximum atomic E-state index is 12.0. The molecule has 0 bridgehead atoms. The highest BCUT2D eigenvalue weighted by Crippen LogP contribution is 2.34. The fraction of sp³-hybridized carbons (Fsp3) is 0.533. The summed E-state index contributed by atoms with van der Waals surface area (Å²) in [7, 11) is 0. The molecule has 2 aliphatic rings. The van der Waals surface area contributed by atoms with Crippen molar-refractivity contribution in [3.63, 3.8) is 0 Å². The molecular weight excluding hydrogens is 302 g/mol. The Morgan fingerprint density at radius 3 is 2.86 bits per heavy atom. The lowest BCUT2D eigenvalue weighted by Gasteiger charge is -2.26. The third kappa shape index (κ3) is 3.78. The lowest BCUT2D eigenvalue weighted by molar-refractivity contribution is -0.497. The molecule has 1 amide bonds. The molecule has 0 radical (unpaired) electrons. The smallest absolute Gasteiger partial charge is 0.234 e. The number of anilines is 1. The molecule has 0 spiro atoms. The van der Waals surface area contributed by atoms with Crippen molar-refractivity contribution in [1.29, 1.82) is 0 Å². The number of nitrogens with one attached hydrogen (secondary N) is 1. The number of nitrogens with zero attached hydrogens (tertiary/aromatic N) is 2. The largest absolute Gasteiger partial charge is 0.326 e. The molecule has 0 aromatic heterocycles. The first-order chi connectivity index (χ1) is 10.6. The van der Waals surface area contributed by atoms with E-state index in [0.717, 1.165) is 30.9 Å². The van der Waals surface area contributed by atoms with E-state index in [1.807, 2.05) is 36.0 Å². The number of carbonyl (C=O) groups is 1. The van der Waals surface area contributed by atoms with Crippen LogP contribution in [0.25, 0.3) is 0 Å². The van der Waals surface area contributed by atoms with Crippen molar-refractivity contribution in [2.75, 3.05) is 29.9 Å². The van der Waals surface area contributed by atoms with Gasteiger partial charge in [-0.15, -0.1) is 0 Å². The summed E-state index contributed by atoms with van der Waals surface area (Å²) in [4.78, 5) is 24.6. The Bertz CT molecular complexity index is 575. The zero-order valence-electron chi connectivity index (χ0n) is 12.2. The minimum Gasteiger partial charge on any atom is -0.326 e. The summed E-state index contributed by atoms with van der Waals surface area (Å²) < 4.78 is 0. The standard InChI is InChI=1S/C15H19N3O3S/c19-15(13-9-14(13)18(20)21)16-12-3-1-2-11(8-12)10-17-4-6-22-7-5-17/h1-3,8,13-14H,4-7,9-10H2,(H,16,19). The Morgan fingerprint density at radius 2 is 2.18 bits per heavy atom. The van der Waals surface area contributed by atoms with Crippen LogP contribution in [-0.2, 0) is 11.3 Å². The van der Waals surface area contributed by atoms with Crippen LogP contribution in [0.1, 0.15) is 12.0 Å². The molecule has 7 heteroatoms. The van der Waals surface area contributed by atoms with E-state index in [9.17, 15) is 14.9 Å². The Labute approximate surface area is 133 Å².